The molecular formula is C8H6ClF2NO2. The van der Waals surface area contributed by atoms with Crippen molar-refractivity contribution >= 4 is 17.6 Å². The van der Waals surface area contributed by atoms with Crippen molar-refractivity contribution in [2.45, 2.75) is 12.3 Å². The highest BCUT2D eigenvalue weighted by Crippen LogP contribution is 2.34. The van der Waals surface area contributed by atoms with Crippen LogP contribution in [0.3, 0.4) is 0 Å². The summed E-state index contributed by atoms with van der Waals surface area (Å²) in [6.45, 7) is 0. The van der Waals surface area contributed by atoms with Gasteiger partial charge in [-0.25, -0.2) is 13.8 Å². The van der Waals surface area contributed by atoms with E-state index >= 15 is 0 Å². The molecule has 0 aliphatic rings. The summed E-state index contributed by atoms with van der Waals surface area (Å²) in [5.74, 6) is -5.08. The predicted molar refractivity (Wildman–Crippen MR) is 45.4 cm³/mol. The van der Waals surface area contributed by atoms with Gasteiger partial charge in [0.25, 0.3) is 5.92 Å². The lowest BCUT2D eigenvalue weighted by atomic mass is 10.1. The molecule has 1 N–H and O–H groups in total. The van der Waals surface area contributed by atoms with Gasteiger partial charge in [-0.3, -0.25) is 4.79 Å². The Kier molecular flexibility index (Phi) is 3.00. The first-order valence-electron chi connectivity index (χ1n) is 3.64. The highest BCUT2D eigenvalue weighted by atomic mass is 35.5. The van der Waals surface area contributed by atoms with Crippen molar-refractivity contribution in [3.63, 3.8) is 0 Å². The molecule has 1 aromatic rings. The van der Waals surface area contributed by atoms with Gasteiger partial charge in [0.05, 0.1) is 5.56 Å². The first-order chi connectivity index (χ1) is 6.43. The van der Waals surface area contributed by atoms with Gasteiger partial charge in [-0.1, -0.05) is 11.6 Å². The molecule has 0 bridgehead atoms. The molecule has 1 rings (SSSR count). The molecule has 76 valence electrons. The number of halogens is 3. The van der Waals surface area contributed by atoms with E-state index in [0.717, 1.165) is 6.07 Å². The SMILES string of the molecule is O=C(O)CC(F)(F)c1cccnc1Cl. The van der Waals surface area contributed by atoms with E-state index in [1.807, 2.05) is 0 Å². The number of pyridine rings is 1. The summed E-state index contributed by atoms with van der Waals surface area (Å²) in [6.07, 6.45) is -0.0406. The van der Waals surface area contributed by atoms with Crippen LogP contribution >= 0.6 is 11.6 Å². The first kappa shape index (κ1) is 10.8. The third-order valence-corrected chi connectivity index (χ3v) is 1.83. The maximum Gasteiger partial charge on any atom is 0.309 e. The summed E-state index contributed by atoms with van der Waals surface area (Å²) in [5.41, 5.74) is -0.566. The minimum Gasteiger partial charge on any atom is -0.481 e. The molecule has 6 heteroatoms. The van der Waals surface area contributed by atoms with E-state index in [1.54, 1.807) is 0 Å². The van der Waals surface area contributed by atoms with Gasteiger partial charge < -0.3 is 5.11 Å². The molecule has 0 saturated heterocycles. The summed E-state index contributed by atoms with van der Waals surface area (Å²) in [4.78, 5) is 13.6. The van der Waals surface area contributed by atoms with E-state index in [2.05, 4.69) is 4.98 Å². The standard InChI is InChI=1S/C8H6ClF2NO2/c9-7-5(2-1-3-12-7)8(10,11)4-6(13)14/h1-3H,4H2,(H,13,14). The van der Waals surface area contributed by atoms with Gasteiger partial charge in [-0.15, -0.1) is 0 Å². The molecule has 14 heavy (non-hydrogen) atoms. The number of hydrogen-bond acceptors (Lipinski definition) is 2. The fraction of sp³-hybridized carbons (Fsp3) is 0.250. The Hall–Kier alpha value is -1.23. The average molecular weight is 222 g/mol. The molecule has 0 unspecified atom stereocenters. The molecule has 0 atom stereocenters. The smallest absolute Gasteiger partial charge is 0.309 e. The topological polar surface area (TPSA) is 50.2 Å². The fourth-order valence-corrected chi connectivity index (χ4v) is 1.20. The van der Waals surface area contributed by atoms with Crippen molar-refractivity contribution in [3.05, 3.63) is 29.0 Å². The van der Waals surface area contributed by atoms with Gasteiger partial charge in [-0.05, 0) is 12.1 Å². The Morgan fingerprint density at radius 3 is 2.79 bits per heavy atom. The molecule has 0 radical (unpaired) electrons. The van der Waals surface area contributed by atoms with Gasteiger partial charge in [-0.2, -0.15) is 0 Å². The minimum atomic E-state index is -3.49. The van der Waals surface area contributed by atoms with Gasteiger partial charge in [0.1, 0.15) is 11.6 Å². The Labute approximate surface area is 83.3 Å². The Morgan fingerprint density at radius 1 is 1.64 bits per heavy atom. The number of carboxylic acid groups (broad SMARTS) is 1. The van der Waals surface area contributed by atoms with E-state index in [9.17, 15) is 13.6 Å². The Balaban J connectivity index is 3.03. The molecule has 3 nitrogen and oxygen atoms in total. The second-order valence-electron chi connectivity index (χ2n) is 2.62. The molecule has 1 heterocycles. The third-order valence-electron chi connectivity index (χ3n) is 1.53. The lowest BCUT2D eigenvalue weighted by Gasteiger charge is -2.14. The Bertz CT molecular complexity index is 357. The van der Waals surface area contributed by atoms with Crippen LogP contribution in [0.5, 0.6) is 0 Å². The monoisotopic (exact) mass is 221 g/mol. The normalized spacial score (nSPS) is 11.4. The highest BCUT2D eigenvalue weighted by Gasteiger charge is 2.36. The van der Waals surface area contributed by atoms with Crippen LogP contribution in [-0.4, -0.2) is 16.1 Å². The van der Waals surface area contributed by atoms with Crippen molar-refractivity contribution in [2.75, 3.05) is 0 Å². The van der Waals surface area contributed by atoms with Crippen LogP contribution in [0.25, 0.3) is 0 Å². The summed E-state index contributed by atoms with van der Waals surface area (Å²) in [6, 6.07) is 2.33. The maximum absolute atomic E-state index is 13.2. The van der Waals surface area contributed by atoms with Gasteiger partial charge in [0.2, 0.25) is 0 Å². The third kappa shape index (κ3) is 2.38. The van der Waals surface area contributed by atoms with E-state index in [1.165, 1.54) is 12.3 Å². The van der Waals surface area contributed by atoms with Crippen molar-refractivity contribution in [2.24, 2.45) is 0 Å². The lowest BCUT2D eigenvalue weighted by molar-refractivity contribution is -0.145. The molecule has 0 amide bonds. The first-order valence-corrected chi connectivity index (χ1v) is 4.02. The minimum absolute atomic E-state index is 0.376. The second kappa shape index (κ2) is 3.88. The zero-order valence-electron chi connectivity index (χ0n) is 6.88. The van der Waals surface area contributed by atoms with Crippen LogP contribution in [0.2, 0.25) is 5.15 Å². The quantitative estimate of drug-likeness (QED) is 0.797. The van der Waals surface area contributed by atoms with Crippen LogP contribution in [0.15, 0.2) is 18.3 Å². The van der Waals surface area contributed by atoms with Crippen LogP contribution in [0.1, 0.15) is 12.0 Å². The van der Waals surface area contributed by atoms with E-state index < -0.39 is 23.9 Å². The van der Waals surface area contributed by atoms with Crippen molar-refractivity contribution in [3.8, 4) is 0 Å². The van der Waals surface area contributed by atoms with Crippen molar-refractivity contribution in [1.82, 2.24) is 4.98 Å². The molecule has 0 aliphatic carbocycles. The number of aliphatic carboxylic acids is 1. The second-order valence-corrected chi connectivity index (χ2v) is 2.97. The van der Waals surface area contributed by atoms with Crippen LogP contribution in [0, 0.1) is 0 Å². The number of aromatic nitrogens is 1. The summed E-state index contributed by atoms with van der Waals surface area (Å²) >= 11 is 5.41. The number of hydrogen-bond donors (Lipinski definition) is 1. The number of carbonyl (C=O) groups is 1. The molecule has 0 aliphatic heterocycles. The molecule has 0 fully saturated rings. The molecule has 0 spiro atoms. The van der Waals surface area contributed by atoms with E-state index in [4.69, 9.17) is 16.7 Å². The lowest BCUT2D eigenvalue weighted by Crippen LogP contribution is -2.19. The molecule has 0 aromatic carbocycles. The summed E-state index contributed by atoms with van der Waals surface area (Å²) < 4.78 is 26.3. The molecule has 0 saturated carbocycles. The highest BCUT2D eigenvalue weighted by molar-refractivity contribution is 6.30. The van der Waals surface area contributed by atoms with Crippen LogP contribution in [-0.2, 0) is 10.7 Å². The van der Waals surface area contributed by atoms with Crippen LogP contribution in [0.4, 0.5) is 8.78 Å². The fourth-order valence-electron chi connectivity index (χ4n) is 0.944. The molecular weight excluding hydrogens is 216 g/mol. The number of nitrogens with zero attached hydrogens (tertiary/aromatic N) is 1. The van der Waals surface area contributed by atoms with Crippen LogP contribution < -0.4 is 0 Å². The van der Waals surface area contributed by atoms with Crippen molar-refractivity contribution in [1.29, 1.82) is 0 Å². The van der Waals surface area contributed by atoms with Gasteiger partial charge >= 0.3 is 5.97 Å². The largest absolute Gasteiger partial charge is 0.481 e. The molecule has 1 aromatic heterocycles. The Morgan fingerprint density at radius 2 is 2.29 bits per heavy atom. The zero-order chi connectivity index (χ0) is 10.8. The number of rotatable bonds is 3. The predicted octanol–water partition coefficient (Wildman–Crippen LogP) is 2.30. The van der Waals surface area contributed by atoms with Crippen molar-refractivity contribution < 1.29 is 18.7 Å². The van der Waals surface area contributed by atoms with Gasteiger partial charge in [0, 0.05) is 6.20 Å². The average Bonchev–Trinajstić information content (AvgIpc) is 2.02. The number of carboxylic acids is 1. The number of alkyl halides is 2. The summed E-state index contributed by atoms with van der Waals surface area (Å²) in [7, 11) is 0. The summed E-state index contributed by atoms with van der Waals surface area (Å²) in [5, 5.41) is 7.88. The zero-order valence-corrected chi connectivity index (χ0v) is 7.63. The maximum atomic E-state index is 13.2. The van der Waals surface area contributed by atoms with Gasteiger partial charge in [0.15, 0.2) is 0 Å². The van der Waals surface area contributed by atoms with E-state index in [0.29, 0.717) is 0 Å². The van der Waals surface area contributed by atoms with E-state index in [-0.39, 0.29) is 5.15 Å².